The van der Waals surface area contributed by atoms with Crippen molar-refractivity contribution in [1.29, 1.82) is 0 Å². The number of nitrogens with zero attached hydrogens (tertiary/aromatic N) is 1. The molecule has 0 aromatic heterocycles. The Hall–Kier alpha value is -1.18. The van der Waals surface area contributed by atoms with E-state index in [9.17, 15) is 8.42 Å². The zero-order valence-electron chi connectivity index (χ0n) is 16.3. The van der Waals surface area contributed by atoms with Gasteiger partial charge in [0.15, 0.2) is 5.11 Å². The number of rotatable bonds is 4. The quantitative estimate of drug-likeness (QED) is 0.735. The van der Waals surface area contributed by atoms with Crippen LogP contribution in [0.2, 0.25) is 0 Å². The average Bonchev–Trinajstić information content (AvgIpc) is 2.66. The molecule has 2 atom stereocenters. The summed E-state index contributed by atoms with van der Waals surface area (Å²) < 4.78 is 27.5. The topological polar surface area (TPSA) is 61.4 Å². The van der Waals surface area contributed by atoms with E-state index < -0.39 is 10.0 Å². The summed E-state index contributed by atoms with van der Waals surface area (Å²) in [5, 5.41) is 7.23. The molecule has 1 saturated heterocycles. The number of thiocarbonyl (C=S) groups is 1. The van der Waals surface area contributed by atoms with Crippen LogP contribution in [-0.2, 0) is 10.0 Å². The molecule has 0 spiro atoms. The van der Waals surface area contributed by atoms with E-state index in [0.29, 0.717) is 35.1 Å². The maximum absolute atomic E-state index is 12.9. The molecule has 2 N–H and O–H groups in total. The van der Waals surface area contributed by atoms with Crippen LogP contribution in [0, 0.1) is 12.8 Å². The number of aryl methyl sites for hydroxylation is 1. The molecule has 5 nitrogen and oxygen atoms in total. The first kappa shape index (κ1) is 20.6. The molecule has 27 heavy (non-hydrogen) atoms. The average molecular weight is 410 g/mol. The molecule has 7 heteroatoms. The normalized spacial score (nSPS) is 24.4. The van der Waals surface area contributed by atoms with E-state index in [4.69, 9.17) is 12.2 Å². The van der Waals surface area contributed by atoms with Crippen molar-refractivity contribution in [1.82, 2.24) is 9.62 Å². The van der Waals surface area contributed by atoms with Crippen molar-refractivity contribution in [2.75, 3.05) is 18.4 Å². The molecule has 0 bridgehead atoms. The lowest BCUT2D eigenvalue weighted by atomic mass is 9.86. The van der Waals surface area contributed by atoms with Crippen molar-refractivity contribution in [3.63, 3.8) is 0 Å². The molecular weight excluding hydrogens is 378 g/mol. The summed E-state index contributed by atoms with van der Waals surface area (Å²) in [4.78, 5) is 0.339. The predicted molar refractivity (Wildman–Crippen MR) is 115 cm³/mol. The molecule has 3 rings (SSSR count). The molecule has 0 unspecified atom stereocenters. The van der Waals surface area contributed by atoms with Crippen LogP contribution in [0.3, 0.4) is 0 Å². The van der Waals surface area contributed by atoms with Gasteiger partial charge in [0.2, 0.25) is 10.0 Å². The van der Waals surface area contributed by atoms with Gasteiger partial charge < -0.3 is 10.6 Å². The molecule has 1 aromatic carbocycles. The molecule has 1 saturated carbocycles. The number of piperidine rings is 1. The highest BCUT2D eigenvalue weighted by molar-refractivity contribution is 7.89. The third kappa shape index (κ3) is 5.00. The Morgan fingerprint density at radius 2 is 1.81 bits per heavy atom. The van der Waals surface area contributed by atoms with Gasteiger partial charge in [0.05, 0.1) is 4.90 Å². The molecule has 2 fully saturated rings. The van der Waals surface area contributed by atoms with Gasteiger partial charge in [-0.05, 0) is 68.4 Å². The second-order valence-corrected chi connectivity index (χ2v) is 10.3. The molecule has 1 heterocycles. The first-order chi connectivity index (χ1) is 12.9. The lowest BCUT2D eigenvalue weighted by Gasteiger charge is -2.30. The van der Waals surface area contributed by atoms with Crippen LogP contribution in [0.25, 0.3) is 0 Å². The SMILES string of the molecule is Cc1ccc(S(=O)(=O)N2CCCCC2)cc1NC(=S)N[C@H]1CCCC[C@@H]1C. The number of anilines is 1. The van der Waals surface area contributed by atoms with Gasteiger partial charge in [-0.25, -0.2) is 8.42 Å². The minimum absolute atomic E-state index is 0.339. The minimum atomic E-state index is -3.44. The molecule has 1 aromatic rings. The largest absolute Gasteiger partial charge is 0.359 e. The number of hydrogen-bond acceptors (Lipinski definition) is 3. The number of benzene rings is 1. The summed E-state index contributed by atoms with van der Waals surface area (Å²) in [6.07, 6.45) is 7.84. The van der Waals surface area contributed by atoms with Crippen LogP contribution in [-0.4, -0.2) is 37.0 Å². The molecule has 0 amide bonds. The van der Waals surface area contributed by atoms with Crippen LogP contribution < -0.4 is 10.6 Å². The maximum Gasteiger partial charge on any atom is 0.243 e. The summed E-state index contributed by atoms with van der Waals surface area (Å²) in [6, 6.07) is 5.66. The standard InChI is InChI=1S/C20H31N3O2S2/c1-15-8-4-5-9-18(15)21-20(26)22-19-14-17(11-10-16(19)2)27(24,25)23-12-6-3-7-13-23/h10-11,14-15,18H,3-9,12-13H2,1-2H3,(H2,21,22,26)/t15-,18-/m0/s1. The molecular formula is C20H31N3O2S2. The van der Waals surface area contributed by atoms with E-state index in [2.05, 4.69) is 17.6 Å². The van der Waals surface area contributed by atoms with Gasteiger partial charge in [-0.3, -0.25) is 0 Å². The summed E-state index contributed by atoms with van der Waals surface area (Å²) in [7, 11) is -3.44. The number of sulfonamides is 1. The Bertz CT molecular complexity index is 773. The van der Waals surface area contributed by atoms with Crippen LogP contribution in [0.4, 0.5) is 5.69 Å². The van der Waals surface area contributed by atoms with Crippen molar-refractivity contribution in [3.8, 4) is 0 Å². The summed E-state index contributed by atoms with van der Waals surface area (Å²) in [5.41, 5.74) is 1.74. The van der Waals surface area contributed by atoms with Crippen molar-refractivity contribution >= 4 is 33.0 Å². The Balaban J connectivity index is 1.72. The number of hydrogen-bond donors (Lipinski definition) is 2. The number of nitrogens with one attached hydrogen (secondary N) is 2. The van der Waals surface area contributed by atoms with Gasteiger partial charge >= 0.3 is 0 Å². The third-order valence-corrected chi connectivity index (χ3v) is 7.95. The molecule has 0 radical (unpaired) electrons. The highest BCUT2D eigenvalue weighted by Gasteiger charge is 2.27. The fourth-order valence-corrected chi connectivity index (χ4v) is 5.81. The molecule has 150 valence electrons. The molecule has 1 aliphatic carbocycles. The zero-order chi connectivity index (χ0) is 19.4. The fraction of sp³-hybridized carbons (Fsp3) is 0.650. The fourth-order valence-electron chi connectivity index (χ4n) is 4.01. The summed E-state index contributed by atoms with van der Waals surface area (Å²) in [5.74, 6) is 0.602. The Morgan fingerprint density at radius 1 is 1.11 bits per heavy atom. The summed E-state index contributed by atoms with van der Waals surface area (Å²) >= 11 is 5.51. The molecule has 1 aliphatic heterocycles. The van der Waals surface area contributed by atoms with Crippen LogP contribution in [0.5, 0.6) is 0 Å². The lowest BCUT2D eigenvalue weighted by Crippen LogP contribution is -2.43. The Morgan fingerprint density at radius 3 is 2.52 bits per heavy atom. The van der Waals surface area contributed by atoms with Crippen molar-refractivity contribution in [2.24, 2.45) is 5.92 Å². The Kier molecular flexibility index (Phi) is 6.76. The van der Waals surface area contributed by atoms with Crippen LogP contribution in [0.1, 0.15) is 57.4 Å². The van der Waals surface area contributed by atoms with E-state index >= 15 is 0 Å². The second kappa shape index (κ2) is 8.88. The van der Waals surface area contributed by atoms with E-state index in [-0.39, 0.29) is 0 Å². The van der Waals surface area contributed by atoms with E-state index in [0.717, 1.165) is 36.9 Å². The van der Waals surface area contributed by atoms with Gasteiger partial charge in [0.25, 0.3) is 0 Å². The first-order valence-corrected chi connectivity index (χ1v) is 11.9. The van der Waals surface area contributed by atoms with Gasteiger partial charge in [0.1, 0.15) is 0 Å². The van der Waals surface area contributed by atoms with E-state index in [1.54, 1.807) is 16.4 Å². The van der Waals surface area contributed by atoms with Gasteiger partial charge in [-0.1, -0.05) is 32.3 Å². The smallest absolute Gasteiger partial charge is 0.243 e. The second-order valence-electron chi connectivity index (χ2n) is 7.91. The predicted octanol–water partition coefficient (Wildman–Crippen LogP) is 4.03. The zero-order valence-corrected chi connectivity index (χ0v) is 18.0. The monoisotopic (exact) mass is 409 g/mol. The lowest BCUT2D eigenvalue weighted by molar-refractivity contribution is 0.309. The van der Waals surface area contributed by atoms with Crippen LogP contribution >= 0.6 is 12.2 Å². The Labute approximate surface area is 169 Å². The van der Waals surface area contributed by atoms with Crippen molar-refractivity contribution in [2.45, 2.75) is 69.7 Å². The first-order valence-electron chi connectivity index (χ1n) is 10.1. The van der Waals surface area contributed by atoms with Crippen molar-refractivity contribution in [3.05, 3.63) is 23.8 Å². The van der Waals surface area contributed by atoms with E-state index in [1.165, 1.54) is 19.3 Å². The molecule has 2 aliphatic rings. The van der Waals surface area contributed by atoms with Gasteiger partial charge in [-0.2, -0.15) is 4.31 Å². The maximum atomic E-state index is 12.9. The van der Waals surface area contributed by atoms with Crippen LogP contribution in [0.15, 0.2) is 23.1 Å². The van der Waals surface area contributed by atoms with Crippen molar-refractivity contribution < 1.29 is 8.42 Å². The third-order valence-electron chi connectivity index (χ3n) is 5.84. The highest BCUT2D eigenvalue weighted by Crippen LogP contribution is 2.26. The van der Waals surface area contributed by atoms with Gasteiger partial charge in [-0.15, -0.1) is 0 Å². The highest BCUT2D eigenvalue weighted by atomic mass is 32.2. The van der Waals surface area contributed by atoms with E-state index in [1.807, 2.05) is 13.0 Å². The van der Waals surface area contributed by atoms with Gasteiger partial charge in [0, 0.05) is 24.8 Å². The minimum Gasteiger partial charge on any atom is -0.359 e. The summed E-state index contributed by atoms with van der Waals surface area (Å²) in [6.45, 7) is 5.44.